The summed E-state index contributed by atoms with van der Waals surface area (Å²) in [4.78, 5) is 5.11. The maximum atomic E-state index is 12.0. The molecule has 0 atom stereocenters. The molecular formula is C30H32Cl2N2O3S. The highest BCUT2D eigenvalue weighted by Crippen LogP contribution is 2.41. The van der Waals surface area contributed by atoms with Crippen molar-refractivity contribution >= 4 is 33.0 Å². The molecule has 0 saturated carbocycles. The minimum absolute atomic E-state index is 0.272. The van der Waals surface area contributed by atoms with E-state index in [1.807, 2.05) is 54.9 Å². The van der Waals surface area contributed by atoms with Crippen LogP contribution in [0.4, 0.5) is 0 Å². The van der Waals surface area contributed by atoms with Crippen molar-refractivity contribution in [2.75, 3.05) is 6.26 Å². The normalized spacial score (nSPS) is 12.1. The Hall–Kier alpha value is -2.90. The van der Waals surface area contributed by atoms with Crippen molar-refractivity contribution in [1.29, 1.82) is 0 Å². The van der Waals surface area contributed by atoms with Gasteiger partial charge in [0.05, 0.1) is 16.0 Å². The van der Waals surface area contributed by atoms with Crippen LogP contribution in [0.1, 0.15) is 44.8 Å². The van der Waals surface area contributed by atoms with Gasteiger partial charge in [-0.3, -0.25) is 0 Å². The summed E-state index contributed by atoms with van der Waals surface area (Å²) in [5.41, 5.74) is 1.91. The minimum Gasteiger partial charge on any atom is -0.384 e. The summed E-state index contributed by atoms with van der Waals surface area (Å²) in [6, 6.07) is 20.0. The molecule has 200 valence electrons. The highest BCUT2D eigenvalue weighted by atomic mass is 35.5. The average Bonchev–Trinajstić information content (AvgIpc) is 3.32. The third-order valence-electron chi connectivity index (χ3n) is 6.22. The van der Waals surface area contributed by atoms with E-state index >= 15 is 0 Å². The van der Waals surface area contributed by atoms with E-state index in [0.717, 1.165) is 22.4 Å². The lowest BCUT2D eigenvalue weighted by molar-refractivity contribution is 0.0741. The van der Waals surface area contributed by atoms with Crippen molar-refractivity contribution in [2.24, 2.45) is 0 Å². The number of halogens is 2. The molecule has 0 saturated heterocycles. The molecule has 3 aromatic carbocycles. The summed E-state index contributed by atoms with van der Waals surface area (Å²) in [5, 5.41) is 11.8. The van der Waals surface area contributed by atoms with E-state index in [9.17, 15) is 13.5 Å². The van der Waals surface area contributed by atoms with Crippen LogP contribution in [0, 0.1) is 0 Å². The molecule has 8 heteroatoms. The molecule has 1 aromatic heterocycles. The molecule has 0 bridgehead atoms. The van der Waals surface area contributed by atoms with E-state index < -0.39 is 20.9 Å². The van der Waals surface area contributed by atoms with Gasteiger partial charge in [-0.05, 0) is 75.2 Å². The lowest BCUT2D eigenvalue weighted by atomic mass is 9.83. The van der Waals surface area contributed by atoms with E-state index in [0.29, 0.717) is 21.6 Å². The van der Waals surface area contributed by atoms with Crippen molar-refractivity contribution in [1.82, 2.24) is 9.55 Å². The van der Waals surface area contributed by atoms with Gasteiger partial charge in [0, 0.05) is 33.7 Å². The number of hydrogen-bond acceptors (Lipinski definition) is 4. The average molecular weight is 572 g/mol. The second kappa shape index (κ2) is 11.1. The van der Waals surface area contributed by atoms with Gasteiger partial charge in [0.15, 0.2) is 9.84 Å². The quantitative estimate of drug-likeness (QED) is 0.242. The van der Waals surface area contributed by atoms with Crippen LogP contribution in [0.3, 0.4) is 0 Å². The number of aromatic nitrogens is 2. The summed E-state index contributed by atoms with van der Waals surface area (Å²) in [6.45, 7) is 13.4. The summed E-state index contributed by atoms with van der Waals surface area (Å²) in [6.07, 6.45) is 3.02. The van der Waals surface area contributed by atoms with Crippen LogP contribution in [0.15, 0.2) is 91.0 Å². The molecule has 0 aliphatic rings. The molecule has 0 amide bonds. The first-order chi connectivity index (χ1) is 17.7. The number of hydrogen-bond donors (Lipinski definition) is 1. The third kappa shape index (κ3) is 6.05. The second-order valence-corrected chi connectivity index (χ2v) is 12.8. The smallest absolute Gasteiger partial charge is 0.175 e. The van der Waals surface area contributed by atoms with Crippen LogP contribution in [0.25, 0.3) is 16.8 Å². The fraction of sp³-hybridized carbons (Fsp3) is 0.233. The number of imidazole rings is 1. The monoisotopic (exact) mass is 570 g/mol. The van der Waals surface area contributed by atoms with Crippen molar-refractivity contribution in [3.63, 3.8) is 0 Å². The molecule has 0 unspecified atom stereocenters. The molecule has 5 nitrogen and oxygen atoms in total. The summed E-state index contributed by atoms with van der Waals surface area (Å²) in [7, 11) is -3.31. The van der Waals surface area contributed by atoms with Gasteiger partial charge in [0.1, 0.15) is 11.4 Å². The maximum Gasteiger partial charge on any atom is 0.175 e. The first kappa shape index (κ1) is 29.7. The molecule has 4 rings (SSSR count). The molecule has 0 fully saturated rings. The van der Waals surface area contributed by atoms with Crippen molar-refractivity contribution in [3.8, 4) is 16.8 Å². The number of aliphatic hydroxyl groups is 1. The predicted molar refractivity (Wildman–Crippen MR) is 157 cm³/mol. The number of sulfone groups is 1. The maximum absolute atomic E-state index is 12.0. The second-order valence-electron chi connectivity index (χ2n) is 9.95. The highest BCUT2D eigenvalue weighted by molar-refractivity contribution is 7.90. The Balaban J connectivity index is 0.00000195. The van der Waals surface area contributed by atoms with Gasteiger partial charge in [-0.15, -0.1) is 13.2 Å². The fourth-order valence-corrected chi connectivity index (χ4v) is 5.78. The molecule has 0 spiro atoms. The Morgan fingerprint density at radius 2 is 1.42 bits per heavy atom. The predicted octanol–water partition coefficient (Wildman–Crippen LogP) is 7.61. The molecule has 38 heavy (non-hydrogen) atoms. The lowest BCUT2D eigenvalue weighted by Gasteiger charge is -2.28. The molecule has 0 radical (unpaired) electrons. The Morgan fingerprint density at radius 3 is 1.95 bits per heavy atom. The largest absolute Gasteiger partial charge is 0.384 e. The SMILES string of the molecule is C=C.CC(C)(O)c1cn(-c2ccc(-c3cccc(S(C)(=O)=O)c3)cc2)c(C(C)(C)c2c(Cl)cccc2Cl)n1. The van der Waals surface area contributed by atoms with E-state index in [1.165, 1.54) is 6.26 Å². The first-order valence-corrected chi connectivity index (χ1v) is 14.5. The van der Waals surface area contributed by atoms with Crippen LogP contribution < -0.4 is 0 Å². The Bertz CT molecular complexity index is 1530. The lowest BCUT2D eigenvalue weighted by Crippen LogP contribution is -2.25. The van der Waals surface area contributed by atoms with Crippen LogP contribution in [0.2, 0.25) is 10.0 Å². The molecule has 1 N–H and O–H groups in total. The van der Waals surface area contributed by atoms with E-state index in [4.69, 9.17) is 28.2 Å². The molecule has 4 aromatic rings. The first-order valence-electron chi connectivity index (χ1n) is 11.9. The van der Waals surface area contributed by atoms with Crippen LogP contribution >= 0.6 is 23.2 Å². The summed E-state index contributed by atoms with van der Waals surface area (Å²) < 4.78 is 25.9. The molecular weight excluding hydrogens is 539 g/mol. The van der Waals surface area contributed by atoms with Gasteiger partial charge in [-0.2, -0.15) is 0 Å². The Morgan fingerprint density at radius 1 is 0.868 bits per heavy atom. The number of nitrogens with zero attached hydrogens (tertiary/aromatic N) is 2. The van der Waals surface area contributed by atoms with Gasteiger partial charge >= 0.3 is 0 Å². The van der Waals surface area contributed by atoms with Gasteiger partial charge in [-0.25, -0.2) is 13.4 Å². The van der Waals surface area contributed by atoms with Gasteiger partial charge in [0.25, 0.3) is 0 Å². The zero-order chi connectivity index (χ0) is 28.5. The van der Waals surface area contributed by atoms with E-state index in [-0.39, 0.29) is 4.90 Å². The van der Waals surface area contributed by atoms with Crippen LogP contribution in [-0.2, 0) is 20.9 Å². The van der Waals surface area contributed by atoms with Crippen LogP contribution in [-0.4, -0.2) is 29.3 Å². The van der Waals surface area contributed by atoms with Gasteiger partial charge in [-0.1, -0.05) is 53.5 Å². The molecule has 0 aliphatic carbocycles. The van der Waals surface area contributed by atoms with E-state index in [2.05, 4.69) is 13.2 Å². The third-order valence-corrected chi connectivity index (χ3v) is 7.96. The molecule has 0 aliphatic heterocycles. The Labute approximate surface area is 235 Å². The van der Waals surface area contributed by atoms with Crippen molar-refractivity contribution < 1.29 is 13.5 Å². The zero-order valence-electron chi connectivity index (χ0n) is 22.2. The molecule has 1 heterocycles. The van der Waals surface area contributed by atoms with Crippen LogP contribution in [0.5, 0.6) is 0 Å². The number of rotatable bonds is 6. The zero-order valence-corrected chi connectivity index (χ0v) is 24.5. The summed E-state index contributed by atoms with van der Waals surface area (Å²) in [5.74, 6) is 0.668. The minimum atomic E-state index is -3.31. The van der Waals surface area contributed by atoms with Crippen molar-refractivity contribution in [2.45, 2.75) is 43.6 Å². The topological polar surface area (TPSA) is 72.2 Å². The van der Waals surface area contributed by atoms with Crippen molar-refractivity contribution in [3.05, 3.63) is 113 Å². The fourth-order valence-electron chi connectivity index (χ4n) is 4.24. The Kier molecular flexibility index (Phi) is 8.64. The number of benzene rings is 3. The van der Waals surface area contributed by atoms with Gasteiger partial charge < -0.3 is 9.67 Å². The highest BCUT2D eigenvalue weighted by Gasteiger charge is 2.35. The van der Waals surface area contributed by atoms with E-state index in [1.54, 1.807) is 50.2 Å². The standard InChI is InChI=1S/C28H28Cl2N2O3S.C2H4/c1-27(2,25-22(29)10-7-11-23(25)30)26-31-24(28(3,4)33)17-32(26)20-14-12-18(13-15-20)19-8-6-9-21(16-19)36(5,34)35;1-2/h6-17,33H,1-5H3;1-2H2. The van der Waals surface area contributed by atoms with Gasteiger partial charge in [0.2, 0.25) is 0 Å². The summed E-state index contributed by atoms with van der Waals surface area (Å²) >= 11 is 13.2.